The lowest BCUT2D eigenvalue weighted by Gasteiger charge is -2.22. The Labute approximate surface area is 170 Å². The van der Waals surface area contributed by atoms with Gasteiger partial charge < -0.3 is 31.5 Å². The Bertz CT molecular complexity index is 597. The minimum atomic E-state index is -1.15. The van der Waals surface area contributed by atoms with Crippen molar-refractivity contribution in [3.63, 3.8) is 0 Å². The highest BCUT2D eigenvalue weighted by Gasteiger charge is 2.25. The highest BCUT2D eigenvalue weighted by Crippen LogP contribution is 2.01. The van der Waals surface area contributed by atoms with E-state index in [1.54, 1.807) is 6.92 Å². The first-order valence-corrected chi connectivity index (χ1v) is 9.51. The van der Waals surface area contributed by atoms with Crippen LogP contribution in [0.1, 0.15) is 53.4 Å². The third-order valence-electron chi connectivity index (χ3n) is 3.93. The molecule has 0 bridgehead atoms. The smallest absolute Gasteiger partial charge is 0.303 e. The fraction of sp³-hybridized carbons (Fsp3) is 0.722. The molecule has 11 heteroatoms. The van der Waals surface area contributed by atoms with Crippen molar-refractivity contribution < 1.29 is 33.8 Å². The summed E-state index contributed by atoms with van der Waals surface area (Å²) < 4.78 is 5.51. The van der Waals surface area contributed by atoms with Gasteiger partial charge in [-0.25, -0.2) is 0 Å². The standard InChI is InChI=1S/C18H32N4O7/c1-5-6-14(23)20-9-10(2)29-12(4)18(28)21-11(3)17(27)22-13(16(19)26)7-8-15(24)25/h10-13H,5-9H2,1-4H3,(H2,19,26)(H,20,23)(H,21,28)(H,22,27)(H,24,25)/t10-,11-,12+,13+/m0/s1. The van der Waals surface area contributed by atoms with E-state index >= 15 is 0 Å². The average Bonchev–Trinajstić information content (AvgIpc) is 2.62. The molecule has 11 nitrogen and oxygen atoms in total. The summed E-state index contributed by atoms with van der Waals surface area (Å²) in [4.78, 5) is 57.8. The fourth-order valence-electron chi connectivity index (χ4n) is 2.28. The van der Waals surface area contributed by atoms with E-state index in [0.717, 1.165) is 6.42 Å². The van der Waals surface area contributed by atoms with Crippen LogP contribution < -0.4 is 21.7 Å². The molecule has 4 atom stereocenters. The normalized spacial score (nSPS) is 14.8. The van der Waals surface area contributed by atoms with E-state index < -0.39 is 48.0 Å². The number of hydrogen-bond acceptors (Lipinski definition) is 6. The quantitative estimate of drug-likeness (QED) is 0.242. The largest absolute Gasteiger partial charge is 0.481 e. The minimum absolute atomic E-state index is 0.0998. The van der Waals surface area contributed by atoms with Crippen molar-refractivity contribution in [2.75, 3.05) is 6.54 Å². The molecule has 0 spiro atoms. The SMILES string of the molecule is CCCC(=O)NC[C@H](C)O[C@H](C)C(=O)N[C@@H](C)C(=O)N[C@H](CCC(=O)O)C(N)=O. The first-order chi connectivity index (χ1) is 13.5. The van der Waals surface area contributed by atoms with Crippen molar-refractivity contribution in [1.29, 1.82) is 0 Å². The van der Waals surface area contributed by atoms with Gasteiger partial charge in [0, 0.05) is 19.4 Å². The summed E-state index contributed by atoms with van der Waals surface area (Å²) in [6.07, 6.45) is -0.663. The Kier molecular flexibility index (Phi) is 12.2. The van der Waals surface area contributed by atoms with Crippen LogP contribution in [-0.4, -0.2) is 65.5 Å². The van der Waals surface area contributed by atoms with Gasteiger partial charge >= 0.3 is 5.97 Å². The number of hydrogen-bond donors (Lipinski definition) is 5. The van der Waals surface area contributed by atoms with Gasteiger partial charge in [-0.15, -0.1) is 0 Å². The van der Waals surface area contributed by atoms with E-state index in [2.05, 4.69) is 16.0 Å². The number of nitrogens with one attached hydrogen (secondary N) is 3. The number of carboxylic acids is 1. The lowest BCUT2D eigenvalue weighted by Crippen LogP contribution is -2.53. The third kappa shape index (κ3) is 11.7. The van der Waals surface area contributed by atoms with E-state index in [9.17, 15) is 24.0 Å². The summed E-state index contributed by atoms with van der Waals surface area (Å²) in [6.45, 7) is 6.75. The molecule has 0 aliphatic rings. The first kappa shape index (κ1) is 26.3. The Morgan fingerprint density at radius 2 is 1.62 bits per heavy atom. The van der Waals surface area contributed by atoms with Crippen LogP contribution in [-0.2, 0) is 28.7 Å². The highest BCUT2D eigenvalue weighted by atomic mass is 16.5. The van der Waals surface area contributed by atoms with Gasteiger partial charge in [-0.1, -0.05) is 6.92 Å². The minimum Gasteiger partial charge on any atom is -0.481 e. The molecule has 29 heavy (non-hydrogen) atoms. The maximum absolute atomic E-state index is 12.2. The van der Waals surface area contributed by atoms with Crippen LogP contribution >= 0.6 is 0 Å². The lowest BCUT2D eigenvalue weighted by molar-refractivity contribution is -0.138. The number of rotatable bonds is 14. The van der Waals surface area contributed by atoms with E-state index in [1.165, 1.54) is 13.8 Å². The zero-order valence-electron chi connectivity index (χ0n) is 17.3. The van der Waals surface area contributed by atoms with E-state index in [0.29, 0.717) is 6.42 Å². The van der Waals surface area contributed by atoms with E-state index in [4.69, 9.17) is 15.6 Å². The third-order valence-corrected chi connectivity index (χ3v) is 3.93. The Hall–Kier alpha value is -2.69. The number of ether oxygens (including phenoxy) is 1. The molecule has 0 aromatic heterocycles. The van der Waals surface area contributed by atoms with Gasteiger partial charge in [0.15, 0.2) is 0 Å². The predicted octanol–water partition coefficient (Wildman–Crippen LogP) is -0.964. The van der Waals surface area contributed by atoms with Crippen LogP contribution in [0.25, 0.3) is 0 Å². The highest BCUT2D eigenvalue weighted by molar-refractivity contribution is 5.92. The van der Waals surface area contributed by atoms with Gasteiger partial charge in [0.1, 0.15) is 18.2 Å². The second-order valence-corrected chi connectivity index (χ2v) is 6.77. The maximum Gasteiger partial charge on any atom is 0.303 e. The van der Waals surface area contributed by atoms with Crippen LogP contribution in [0.15, 0.2) is 0 Å². The average molecular weight is 416 g/mol. The number of carbonyl (C=O) groups excluding carboxylic acids is 4. The second-order valence-electron chi connectivity index (χ2n) is 6.77. The fourth-order valence-corrected chi connectivity index (χ4v) is 2.28. The van der Waals surface area contributed by atoms with Crippen molar-refractivity contribution in [2.45, 2.75) is 77.7 Å². The monoisotopic (exact) mass is 416 g/mol. The molecule has 0 fully saturated rings. The summed E-state index contributed by atoms with van der Waals surface area (Å²) >= 11 is 0. The summed E-state index contributed by atoms with van der Waals surface area (Å²) in [7, 11) is 0. The van der Waals surface area contributed by atoms with Crippen LogP contribution in [0.2, 0.25) is 0 Å². The summed E-state index contributed by atoms with van der Waals surface area (Å²) in [5.74, 6) is -3.33. The van der Waals surface area contributed by atoms with Gasteiger partial charge in [-0.2, -0.15) is 0 Å². The topological polar surface area (TPSA) is 177 Å². The lowest BCUT2D eigenvalue weighted by atomic mass is 10.1. The van der Waals surface area contributed by atoms with E-state index in [-0.39, 0.29) is 25.3 Å². The van der Waals surface area contributed by atoms with Gasteiger partial charge in [0.25, 0.3) is 0 Å². The number of primary amides is 1. The van der Waals surface area contributed by atoms with Crippen molar-refractivity contribution >= 4 is 29.6 Å². The van der Waals surface area contributed by atoms with Crippen LogP contribution in [0.3, 0.4) is 0 Å². The molecule has 6 N–H and O–H groups in total. The molecule has 0 aromatic rings. The van der Waals surface area contributed by atoms with Crippen molar-refractivity contribution in [3.05, 3.63) is 0 Å². The molecule has 0 unspecified atom stereocenters. The Balaban J connectivity index is 4.50. The molecule has 0 saturated heterocycles. The molecule has 166 valence electrons. The van der Waals surface area contributed by atoms with Crippen molar-refractivity contribution in [3.8, 4) is 0 Å². The molecular formula is C18H32N4O7. The summed E-state index contributed by atoms with van der Waals surface area (Å²) in [6, 6.07) is -2.15. The van der Waals surface area contributed by atoms with Crippen LogP contribution in [0.4, 0.5) is 0 Å². The molecule has 0 aliphatic carbocycles. The maximum atomic E-state index is 12.2. The summed E-state index contributed by atoms with van der Waals surface area (Å²) in [5.41, 5.74) is 5.16. The predicted molar refractivity (Wildman–Crippen MR) is 104 cm³/mol. The molecule has 0 heterocycles. The van der Waals surface area contributed by atoms with Crippen LogP contribution in [0, 0.1) is 0 Å². The van der Waals surface area contributed by atoms with Gasteiger partial charge in [0.2, 0.25) is 23.6 Å². The Morgan fingerprint density at radius 1 is 1.00 bits per heavy atom. The zero-order chi connectivity index (χ0) is 22.6. The van der Waals surface area contributed by atoms with Crippen molar-refractivity contribution in [2.24, 2.45) is 5.73 Å². The molecule has 0 aliphatic heterocycles. The molecule has 0 saturated carbocycles. The molecule has 4 amide bonds. The Morgan fingerprint density at radius 3 is 2.14 bits per heavy atom. The number of nitrogens with two attached hydrogens (primary N) is 1. The second kappa shape index (κ2) is 13.5. The van der Waals surface area contributed by atoms with Crippen molar-refractivity contribution in [1.82, 2.24) is 16.0 Å². The molecule has 0 radical (unpaired) electrons. The molecular weight excluding hydrogens is 384 g/mol. The number of aliphatic carboxylic acids is 1. The summed E-state index contributed by atoms with van der Waals surface area (Å²) in [5, 5.41) is 16.1. The molecule has 0 rings (SSSR count). The number of amides is 4. The zero-order valence-corrected chi connectivity index (χ0v) is 17.3. The van der Waals surface area contributed by atoms with Gasteiger partial charge in [-0.3, -0.25) is 24.0 Å². The number of carboxylic acid groups (broad SMARTS) is 1. The molecule has 0 aromatic carbocycles. The number of carbonyl (C=O) groups is 5. The van der Waals surface area contributed by atoms with E-state index in [1.807, 2.05) is 6.92 Å². The van der Waals surface area contributed by atoms with Gasteiger partial charge in [0.05, 0.1) is 6.10 Å². The van der Waals surface area contributed by atoms with Crippen LogP contribution in [0.5, 0.6) is 0 Å². The van der Waals surface area contributed by atoms with Gasteiger partial charge in [-0.05, 0) is 33.6 Å². The first-order valence-electron chi connectivity index (χ1n) is 9.51.